The number of aryl methyl sites for hydroxylation is 1. The molecule has 1 saturated carbocycles. The van der Waals surface area contributed by atoms with Gasteiger partial charge in [0, 0.05) is 6.04 Å². The van der Waals surface area contributed by atoms with Crippen molar-refractivity contribution in [3.63, 3.8) is 0 Å². The van der Waals surface area contributed by atoms with Gasteiger partial charge in [-0.25, -0.2) is 0 Å². The summed E-state index contributed by atoms with van der Waals surface area (Å²) in [4.78, 5) is 11.9. The number of carbonyl (C=O) groups excluding carboxylic acids is 1. The van der Waals surface area contributed by atoms with Crippen molar-refractivity contribution >= 4 is 5.91 Å². The summed E-state index contributed by atoms with van der Waals surface area (Å²) in [5.41, 5.74) is 1.25. The molecular weight excluding hydrogens is 214 g/mol. The van der Waals surface area contributed by atoms with Gasteiger partial charge in [0.1, 0.15) is 0 Å². The SMILES string of the molecule is Cc1ccc(C(=O)NC2CCCCCC2)nn1. The molecule has 2 rings (SSSR count). The standard InChI is InChI=1S/C13H19N3O/c1-10-8-9-12(16-15-10)13(17)14-11-6-4-2-3-5-7-11/h8-9,11H,2-7H2,1H3,(H,14,17). The first-order valence-corrected chi connectivity index (χ1v) is 6.37. The summed E-state index contributed by atoms with van der Waals surface area (Å²) in [5.74, 6) is -0.0931. The predicted octanol–water partition coefficient (Wildman–Crippen LogP) is 2.24. The van der Waals surface area contributed by atoms with E-state index in [4.69, 9.17) is 0 Å². The van der Waals surface area contributed by atoms with Crippen LogP contribution in [0, 0.1) is 6.92 Å². The van der Waals surface area contributed by atoms with Crippen molar-refractivity contribution < 1.29 is 4.79 Å². The van der Waals surface area contributed by atoms with E-state index in [9.17, 15) is 4.79 Å². The molecule has 0 atom stereocenters. The van der Waals surface area contributed by atoms with Gasteiger partial charge >= 0.3 is 0 Å². The molecule has 1 N–H and O–H groups in total. The third-order valence-electron chi connectivity index (χ3n) is 3.22. The normalized spacial score (nSPS) is 17.5. The average molecular weight is 233 g/mol. The highest BCUT2D eigenvalue weighted by atomic mass is 16.2. The minimum Gasteiger partial charge on any atom is -0.348 e. The van der Waals surface area contributed by atoms with Crippen molar-refractivity contribution in [1.29, 1.82) is 0 Å². The Morgan fingerprint density at radius 1 is 1.18 bits per heavy atom. The van der Waals surface area contributed by atoms with Gasteiger partial charge in [0.2, 0.25) is 0 Å². The van der Waals surface area contributed by atoms with E-state index in [-0.39, 0.29) is 5.91 Å². The zero-order valence-electron chi connectivity index (χ0n) is 10.3. The maximum Gasteiger partial charge on any atom is 0.272 e. The quantitative estimate of drug-likeness (QED) is 0.797. The van der Waals surface area contributed by atoms with Gasteiger partial charge < -0.3 is 5.32 Å². The van der Waals surface area contributed by atoms with Gasteiger partial charge in [0.05, 0.1) is 5.69 Å². The Balaban J connectivity index is 1.93. The van der Waals surface area contributed by atoms with E-state index in [1.807, 2.05) is 13.0 Å². The lowest BCUT2D eigenvalue weighted by Gasteiger charge is -2.15. The van der Waals surface area contributed by atoms with Crippen LogP contribution in [0.3, 0.4) is 0 Å². The number of aromatic nitrogens is 2. The van der Waals surface area contributed by atoms with E-state index < -0.39 is 0 Å². The Bertz CT molecular complexity index is 367. The summed E-state index contributed by atoms with van der Waals surface area (Å²) >= 11 is 0. The molecule has 0 unspecified atom stereocenters. The van der Waals surface area contributed by atoms with Gasteiger partial charge in [0.15, 0.2) is 5.69 Å². The number of rotatable bonds is 2. The summed E-state index contributed by atoms with van der Waals surface area (Å²) in [6.07, 6.45) is 7.18. The fourth-order valence-corrected chi connectivity index (χ4v) is 2.20. The second kappa shape index (κ2) is 5.75. The second-order valence-electron chi connectivity index (χ2n) is 4.72. The molecule has 4 heteroatoms. The maximum absolute atomic E-state index is 11.9. The largest absolute Gasteiger partial charge is 0.348 e. The molecular formula is C13H19N3O. The number of hydrogen-bond donors (Lipinski definition) is 1. The smallest absolute Gasteiger partial charge is 0.272 e. The zero-order valence-corrected chi connectivity index (χ0v) is 10.3. The topological polar surface area (TPSA) is 54.9 Å². The molecule has 0 bridgehead atoms. The van der Waals surface area contributed by atoms with Crippen LogP contribution in [0.1, 0.15) is 54.7 Å². The summed E-state index contributed by atoms with van der Waals surface area (Å²) < 4.78 is 0. The first-order chi connectivity index (χ1) is 8.25. The van der Waals surface area contributed by atoms with Gasteiger partial charge in [-0.05, 0) is 31.9 Å². The van der Waals surface area contributed by atoms with E-state index in [0.717, 1.165) is 18.5 Å². The Hall–Kier alpha value is -1.45. The lowest BCUT2D eigenvalue weighted by Crippen LogP contribution is -2.35. The molecule has 92 valence electrons. The Kier molecular flexibility index (Phi) is 4.07. The van der Waals surface area contributed by atoms with Crippen LogP contribution in [-0.4, -0.2) is 22.1 Å². The molecule has 0 radical (unpaired) electrons. The second-order valence-corrected chi connectivity index (χ2v) is 4.72. The summed E-state index contributed by atoms with van der Waals surface area (Å²) in [6.45, 7) is 1.86. The Morgan fingerprint density at radius 3 is 2.47 bits per heavy atom. The molecule has 4 nitrogen and oxygen atoms in total. The van der Waals surface area contributed by atoms with Crippen LogP contribution in [0.25, 0.3) is 0 Å². The third kappa shape index (κ3) is 3.51. The van der Waals surface area contributed by atoms with E-state index in [0.29, 0.717) is 11.7 Å². The molecule has 0 spiro atoms. The molecule has 1 heterocycles. The van der Waals surface area contributed by atoms with Crippen molar-refractivity contribution in [3.8, 4) is 0 Å². The highest BCUT2D eigenvalue weighted by Gasteiger charge is 2.16. The average Bonchev–Trinajstić information content (AvgIpc) is 2.58. The first-order valence-electron chi connectivity index (χ1n) is 6.37. The molecule has 1 aliphatic rings. The minimum atomic E-state index is -0.0931. The Morgan fingerprint density at radius 2 is 1.88 bits per heavy atom. The van der Waals surface area contributed by atoms with Crippen molar-refractivity contribution in [2.45, 2.75) is 51.5 Å². The van der Waals surface area contributed by atoms with Crippen LogP contribution < -0.4 is 5.32 Å². The summed E-state index contributed by atoms with van der Waals surface area (Å²) in [5, 5.41) is 10.9. The molecule has 1 amide bonds. The van der Waals surface area contributed by atoms with Crippen LogP contribution in [0.5, 0.6) is 0 Å². The fourth-order valence-electron chi connectivity index (χ4n) is 2.20. The van der Waals surface area contributed by atoms with Crippen LogP contribution in [0.15, 0.2) is 12.1 Å². The number of hydrogen-bond acceptors (Lipinski definition) is 3. The van der Waals surface area contributed by atoms with E-state index in [1.54, 1.807) is 6.07 Å². The summed E-state index contributed by atoms with van der Waals surface area (Å²) in [7, 11) is 0. The zero-order chi connectivity index (χ0) is 12.1. The van der Waals surface area contributed by atoms with Gasteiger partial charge in [0.25, 0.3) is 5.91 Å². The van der Waals surface area contributed by atoms with Crippen LogP contribution >= 0.6 is 0 Å². The minimum absolute atomic E-state index is 0.0931. The lowest BCUT2D eigenvalue weighted by atomic mass is 10.1. The number of nitrogens with one attached hydrogen (secondary N) is 1. The van der Waals surface area contributed by atoms with Crippen molar-refractivity contribution in [3.05, 3.63) is 23.5 Å². The Labute approximate surface area is 102 Å². The number of carbonyl (C=O) groups is 1. The number of nitrogens with zero attached hydrogens (tertiary/aromatic N) is 2. The highest BCUT2D eigenvalue weighted by molar-refractivity contribution is 5.92. The van der Waals surface area contributed by atoms with Crippen LogP contribution in [-0.2, 0) is 0 Å². The fraction of sp³-hybridized carbons (Fsp3) is 0.615. The predicted molar refractivity (Wildman–Crippen MR) is 65.7 cm³/mol. The monoisotopic (exact) mass is 233 g/mol. The third-order valence-corrected chi connectivity index (χ3v) is 3.22. The van der Waals surface area contributed by atoms with Gasteiger partial charge in [-0.15, -0.1) is 5.10 Å². The molecule has 1 fully saturated rings. The van der Waals surface area contributed by atoms with E-state index in [1.165, 1.54) is 25.7 Å². The molecule has 1 aromatic heterocycles. The van der Waals surface area contributed by atoms with Gasteiger partial charge in [-0.2, -0.15) is 5.10 Å². The first kappa shape index (κ1) is 12.0. The molecule has 0 aromatic carbocycles. The molecule has 0 saturated heterocycles. The maximum atomic E-state index is 11.9. The summed E-state index contributed by atoms with van der Waals surface area (Å²) in [6, 6.07) is 3.86. The molecule has 17 heavy (non-hydrogen) atoms. The van der Waals surface area contributed by atoms with Crippen molar-refractivity contribution in [2.24, 2.45) is 0 Å². The molecule has 1 aliphatic carbocycles. The lowest BCUT2D eigenvalue weighted by molar-refractivity contribution is 0.0927. The highest BCUT2D eigenvalue weighted by Crippen LogP contribution is 2.17. The van der Waals surface area contributed by atoms with Crippen molar-refractivity contribution in [1.82, 2.24) is 15.5 Å². The molecule has 0 aliphatic heterocycles. The van der Waals surface area contributed by atoms with Crippen molar-refractivity contribution in [2.75, 3.05) is 0 Å². The number of amides is 1. The molecule has 1 aromatic rings. The van der Waals surface area contributed by atoms with Crippen LogP contribution in [0.2, 0.25) is 0 Å². The van der Waals surface area contributed by atoms with Gasteiger partial charge in [-0.1, -0.05) is 25.7 Å². The van der Waals surface area contributed by atoms with Gasteiger partial charge in [-0.3, -0.25) is 4.79 Å². The van der Waals surface area contributed by atoms with E-state index in [2.05, 4.69) is 15.5 Å². The van der Waals surface area contributed by atoms with E-state index >= 15 is 0 Å². The van der Waals surface area contributed by atoms with Crippen LogP contribution in [0.4, 0.5) is 0 Å².